The van der Waals surface area contributed by atoms with Crippen molar-refractivity contribution in [3.05, 3.63) is 0 Å². The topological polar surface area (TPSA) is 121 Å². The van der Waals surface area contributed by atoms with E-state index >= 15 is 0 Å². The number of aliphatic hydroxyl groups excluding tert-OH is 1. The summed E-state index contributed by atoms with van der Waals surface area (Å²) < 4.78 is 25.8. The summed E-state index contributed by atoms with van der Waals surface area (Å²) >= 11 is 0. The zero-order chi connectivity index (χ0) is 18.6. The summed E-state index contributed by atoms with van der Waals surface area (Å²) in [5, 5.41) is 17.0. The molecule has 0 aromatic heterocycles. The van der Waals surface area contributed by atoms with Gasteiger partial charge in [0.15, 0.2) is 0 Å². The van der Waals surface area contributed by atoms with E-state index in [1.165, 1.54) is 0 Å². The van der Waals surface area contributed by atoms with Gasteiger partial charge in [-0.1, -0.05) is 0 Å². The minimum atomic E-state index is -0.859. The van der Waals surface area contributed by atoms with Crippen molar-refractivity contribution in [1.82, 2.24) is 0 Å². The van der Waals surface area contributed by atoms with Gasteiger partial charge in [0.2, 0.25) is 0 Å². The normalized spacial score (nSPS) is 10.8. The fraction of sp³-hybridized carbons (Fsp3) is 0.875. The zero-order valence-corrected chi connectivity index (χ0v) is 14.7. The van der Waals surface area contributed by atoms with Gasteiger partial charge in [-0.25, -0.2) is 0 Å². The number of hydrogen-bond donors (Lipinski definition) is 2. The molecule has 9 nitrogen and oxygen atoms in total. The molecule has 0 amide bonds. The van der Waals surface area contributed by atoms with Crippen LogP contribution in [-0.2, 0) is 33.3 Å². The van der Waals surface area contributed by atoms with Crippen LogP contribution in [0.3, 0.4) is 0 Å². The van der Waals surface area contributed by atoms with Crippen LogP contribution in [0, 0.1) is 0 Å². The SMILES string of the molecule is O=C(O)CCCCC(=O)OCCOCCOCCOCCOCCO. The number of carbonyl (C=O) groups excluding carboxylic acids is 1. The molecule has 0 spiro atoms. The van der Waals surface area contributed by atoms with Crippen LogP contribution >= 0.6 is 0 Å². The van der Waals surface area contributed by atoms with E-state index in [1.54, 1.807) is 0 Å². The highest BCUT2D eigenvalue weighted by atomic mass is 16.6. The number of ether oxygens (including phenoxy) is 5. The van der Waals surface area contributed by atoms with Crippen LogP contribution < -0.4 is 0 Å². The van der Waals surface area contributed by atoms with Gasteiger partial charge in [0.25, 0.3) is 0 Å². The molecule has 9 heteroatoms. The average Bonchev–Trinajstić information content (AvgIpc) is 2.59. The standard InChI is InChI=1S/C16H30O9/c17-5-6-21-7-8-22-9-10-23-11-12-24-13-14-25-16(20)4-2-1-3-15(18)19/h17H,1-14H2,(H,18,19). The Kier molecular flexibility index (Phi) is 18.1. The summed E-state index contributed by atoms with van der Waals surface area (Å²) in [4.78, 5) is 21.6. The van der Waals surface area contributed by atoms with E-state index in [0.717, 1.165) is 0 Å². The van der Waals surface area contributed by atoms with Gasteiger partial charge in [-0.2, -0.15) is 0 Å². The van der Waals surface area contributed by atoms with Gasteiger partial charge in [0.1, 0.15) is 6.61 Å². The average molecular weight is 366 g/mol. The molecule has 148 valence electrons. The van der Waals surface area contributed by atoms with Crippen LogP contribution in [0.15, 0.2) is 0 Å². The van der Waals surface area contributed by atoms with Crippen LogP contribution in [-0.4, -0.2) is 88.2 Å². The van der Waals surface area contributed by atoms with Gasteiger partial charge in [-0.3, -0.25) is 9.59 Å². The molecule has 0 rings (SSSR count). The Hall–Kier alpha value is -1.26. The largest absolute Gasteiger partial charge is 0.481 e. The highest BCUT2D eigenvalue weighted by Gasteiger charge is 2.04. The van der Waals surface area contributed by atoms with E-state index in [1.807, 2.05) is 0 Å². The fourth-order valence-electron chi connectivity index (χ4n) is 1.66. The first-order valence-corrected chi connectivity index (χ1v) is 8.46. The maximum absolute atomic E-state index is 11.3. The van der Waals surface area contributed by atoms with Crippen molar-refractivity contribution in [2.45, 2.75) is 25.7 Å². The number of carbonyl (C=O) groups is 2. The lowest BCUT2D eigenvalue weighted by Crippen LogP contribution is -2.14. The Balaban J connectivity index is 3.13. The van der Waals surface area contributed by atoms with Gasteiger partial charge < -0.3 is 33.9 Å². The lowest BCUT2D eigenvalue weighted by molar-refractivity contribution is -0.146. The summed E-state index contributed by atoms with van der Waals surface area (Å²) in [6.45, 7) is 3.44. The number of rotatable bonds is 19. The maximum atomic E-state index is 11.3. The second kappa shape index (κ2) is 19.1. The number of unbranched alkanes of at least 4 members (excludes halogenated alkanes) is 1. The molecule has 2 N–H and O–H groups in total. The molecular formula is C16H30O9. The molecule has 0 aliphatic carbocycles. The molecule has 0 radical (unpaired) electrons. The molecule has 0 aliphatic heterocycles. The van der Waals surface area contributed by atoms with Gasteiger partial charge in [-0.05, 0) is 12.8 Å². The number of hydrogen-bond acceptors (Lipinski definition) is 8. The highest BCUT2D eigenvalue weighted by Crippen LogP contribution is 2.01. The van der Waals surface area contributed by atoms with E-state index < -0.39 is 5.97 Å². The zero-order valence-electron chi connectivity index (χ0n) is 14.7. The first-order valence-electron chi connectivity index (χ1n) is 8.46. The second-order valence-electron chi connectivity index (χ2n) is 4.99. The van der Waals surface area contributed by atoms with Crippen molar-refractivity contribution in [3.63, 3.8) is 0 Å². The van der Waals surface area contributed by atoms with Gasteiger partial charge in [0.05, 0.1) is 59.5 Å². The molecular weight excluding hydrogens is 336 g/mol. The third-order valence-corrected chi connectivity index (χ3v) is 2.86. The van der Waals surface area contributed by atoms with E-state index in [9.17, 15) is 9.59 Å². The third-order valence-electron chi connectivity index (χ3n) is 2.86. The number of esters is 1. The van der Waals surface area contributed by atoms with Crippen LogP contribution in [0.4, 0.5) is 0 Å². The van der Waals surface area contributed by atoms with E-state index in [2.05, 4.69) is 0 Å². The summed E-state index contributed by atoms with van der Waals surface area (Å²) in [6, 6.07) is 0. The van der Waals surface area contributed by atoms with E-state index in [4.69, 9.17) is 33.9 Å². The molecule has 25 heavy (non-hydrogen) atoms. The Bertz CT molecular complexity index is 323. The monoisotopic (exact) mass is 366 g/mol. The van der Waals surface area contributed by atoms with Crippen molar-refractivity contribution in [3.8, 4) is 0 Å². The minimum absolute atomic E-state index is 0.00903. The van der Waals surface area contributed by atoms with Crippen LogP contribution in [0.2, 0.25) is 0 Å². The van der Waals surface area contributed by atoms with Crippen molar-refractivity contribution in [1.29, 1.82) is 0 Å². The van der Waals surface area contributed by atoms with Gasteiger partial charge in [-0.15, -0.1) is 0 Å². The lowest BCUT2D eigenvalue weighted by atomic mass is 10.2. The van der Waals surface area contributed by atoms with Crippen molar-refractivity contribution < 1.29 is 43.5 Å². The number of aliphatic hydroxyl groups is 1. The molecule has 0 saturated carbocycles. The predicted molar refractivity (Wildman–Crippen MR) is 87.4 cm³/mol. The molecule has 0 aliphatic rings. The number of carboxylic acid groups (broad SMARTS) is 1. The molecule has 0 aromatic rings. The quantitative estimate of drug-likeness (QED) is 0.244. The van der Waals surface area contributed by atoms with Crippen molar-refractivity contribution in [2.75, 3.05) is 66.1 Å². The summed E-state index contributed by atoms with van der Waals surface area (Å²) in [5.41, 5.74) is 0. The van der Waals surface area contributed by atoms with Gasteiger partial charge in [0, 0.05) is 12.8 Å². The molecule has 0 unspecified atom stereocenters. The van der Waals surface area contributed by atoms with Crippen LogP contribution in [0.5, 0.6) is 0 Å². The maximum Gasteiger partial charge on any atom is 0.305 e. The summed E-state index contributed by atoms with van der Waals surface area (Å²) in [5.74, 6) is -1.20. The first kappa shape index (κ1) is 23.7. The Morgan fingerprint density at radius 2 is 1.08 bits per heavy atom. The number of carboxylic acids is 1. The van der Waals surface area contributed by atoms with Crippen molar-refractivity contribution in [2.24, 2.45) is 0 Å². The van der Waals surface area contributed by atoms with Crippen LogP contribution in [0.25, 0.3) is 0 Å². The number of aliphatic carboxylic acids is 1. The molecule has 0 heterocycles. The fourth-order valence-corrected chi connectivity index (χ4v) is 1.66. The Morgan fingerprint density at radius 3 is 1.56 bits per heavy atom. The summed E-state index contributed by atoms with van der Waals surface area (Å²) in [7, 11) is 0. The van der Waals surface area contributed by atoms with E-state index in [0.29, 0.717) is 65.7 Å². The molecule has 0 bridgehead atoms. The first-order chi connectivity index (χ1) is 12.2. The minimum Gasteiger partial charge on any atom is -0.481 e. The molecule has 0 atom stereocenters. The van der Waals surface area contributed by atoms with Crippen molar-refractivity contribution >= 4 is 11.9 Å². The molecule has 0 aromatic carbocycles. The Labute approximate surface area is 148 Å². The summed E-state index contributed by atoms with van der Waals surface area (Å²) in [6.07, 6.45) is 1.27. The molecule has 0 saturated heterocycles. The predicted octanol–water partition coefficient (Wildman–Crippen LogP) is 0.233. The molecule has 0 fully saturated rings. The third kappa shape index (κ3) is 20.7. The second-order valence-corrected chi connectivity index (χ2v) is 4.99. The smallest absolute Gasteiger partial charge is 0.305 e. The highest BCUT2D eigenvalue weighted by molar-refractivity contribution is 5.69. The van der Waals surface area contributed by atoms with E-state index in [-0.39, 0.29) is 32.0 Å². The van der Waals surface area contributed by atoms with Crippen LogP contribution in [0.1, 0.15) is 25.7 Å². The lowest BCUT2D eigenvalue weighted by Gasteiger charge is -2.07. The van der Waals surface area contributed by atoms with Gasteiger partial charge >= 0.3 is 11.9 Å². The Morgan fingerprint density at radius 1 is 0.640 bits per heavy atom.